The molecule has 2 atom stereocenters. The Morgan fingerprint density at radius 1 is 1.47 bits per heavy atom. The molecule has 2 unspecified atom stereocenters. The van der Waals surface area contributed by atoms with Crippen molar-refractivity contribution < 1.29 is 9.90 Å². The van der Waals surface area contributed by atoms with Crippen LogP contribution in [0, 0.1) is 18.3 Å². The van der Waals surface area contributed by atoms with Crippen LogP contribution < -0.4 is 0 Å². The van der Waals surface area contributed by atoms with E-state index in [1.165, 1.54) is 11.1 Å². The van der Waals surface area contributed by atoms with E-state index in [9.17, 15) is 9.90 Å². The van der Waals surface area contributed by atoms with E-state index in [0.717, 1.165) is 19.3 Å². The molecule has 1 fully saturated rings. The highest BCUT2D eigenvalue weighted by Crippen LogP contribution is 2.44. The third-order valence-electron chi connectivity index (χ3n) is 4.10. The lowest BCUT2D eigenvalue weighted by molar-refractivity contribution is -0.148. The Labute approximate surface area is 103 Å². The van der Waals surface area contributed by atoms with Crippen molar-refractivity contribution in [1.29, 1.82) is 0 Å². The summed E-state index contributed by atoms with van der Waals surface area (Å²) in [6.07, 6.45) is 3.35. The third kappa shape index (κ3) is 2.36. The average Bonchev–Trinajstić information content (AvgIpc) is 2.65. The minimum atomic E-state index is -0.620. The van der Waals surface area contributed by atoms with Crippen LogP contribution in [0.1, 0.15) is 37.3 Å². The van der Waals surface area contributed by atoms with Gasteiger partial charge in [-0.05, 0) is 49.7 Å². The van der Waals surface area contributed by atoms with Crippen LogP contribution in [-0.4, -0.2) is 11.1 Å². The van der Waals surface area contributed by atoms with E-state index >= 15 is 0 Å². The predicted molar refractivity (Wildman–Crippen MR) is 68.0 cm³/mol. The molecular formula is C15H20O2. The van der Waals surface area contributed by atoms with Gasteiger partial charge >= 0.3 is 5.97 Å². The zero-order chi connectivity index (χ0) is 12.5. The van der Waals surface area contributed by atoms with E-state index in [1.54, 1.807) is 0 Å². The van der Waals surface area contributed by atoms with Crippen LogP contribution in [-0.2, 0) is 11.2 Å². The van der Waals surface area contributed by atoms with Crippen molar-refractivity contribution in [2.75, 3.05) is 0 Å². The van der Waals surface area contributed by atoms with Gasteiger partial charge in [0.15, 0.2) is 0 Å². The number of benzene rings is 1. The van der Waals surface area contributed by atoms with Crippen LogP contribution in [0.4, 0.5) is 0 Å². The van der Waals surface area contributed by atoms with Crippen LogP contribution >= 0.6 is 0 Å². The SMILES string of the molecule is Cc1ccccc1CC1(C(=O)O)CCC(C)C1. The first-order valence-corrected chi connectivity index (χ1v) is 6.31. The first kappa shape index (κ1) is 12.2. The fourth-order valence-corrected chi connectivity index (χ4v) is 3.00. The van der Waals surface area contributed by atoms with E-state index in [2.05, 4.69) is 26.0 Å². The van der Waals surface area contributed by atoms with Crippen molar-refractivity contribution in [2.24, 2.45) is 11.3 Å². The molecule has 0 spiro atoms. The lowest BCUT2D eigenvalue weighted by atomic mass is 9.78. The molecular weight excluding hydrogens is 212 g/mol. The second kappa shape index (κ2) is 4.52. The second-order valence-electron chi connectivity index (χ2n) is 5.54. The molecule has 1 aromatic carbocycles. The van der Waals surface area contributed by atoms with Gasteiger partial charge in [-0.3, -0.25) is 4.79 Å². The summed E-state index contributed by atoms with van der Waals surface area (Å²) in [5.74, 6) is -0.0831. The van der Waals surface area contributed by atoms with E-state index in [0.29, 0.717) is 12.3 Å². The van der Waals surface area contributed by atoms with Crippen LogP contribution in [0.15, 0.2) is 24.3 Å². The first-order chi connectivity index (χ1) is 8.03. The Balaban J connectivity index is 2.26. The summed E-state index contributed by atoms with van der Waals surface area (Å²) < 4.78 is 0. The number of carboxylic acids is 1. The summed E-state index contributed by atoms with van der Waals surface area (Å²) in [5, 5.41) is 9.53. The largest absolute Gasteiger partial charge is 0.481 e. The van der Waals surface area contributed by atoms with Crippen molar-refractivity contribution in [1.82, 2.24) is 0 Å². The van der Waals surface area contributed by atoms with Crippen LogP contribution in [0.5, 0.6) is 0 Å². The number of rotatable bonds is 3. The molecule has 0 heterocycles. The number of aryl methyl sites for hydroxylation is 1. The van der Waals surface area contributed by atoms with Crippen molar-refractivity contribution >= 4 is 5.97 Å². The zero-order valence-electron chi connectivity index (χ0n) is 10.6. The van der Waals surface area contributed by atoms with E-state index in [-0.39, 0.29) is 0 Å². The highest BCUT2D eigenvalue weighted by Gasteiger charge is 2.44. The maximum absolute atomic E-state index is 11.6. The van der Waals surface area contributed by atoms with Gasteiger partial charge in [0, 0.05) is 0 Å². The number of carbonyl (C=O) groups is 1. The highest BCUT2D eigenvalue weighted by atomic mass is 16.4. The molecule has 2 rings (SSSR count). The third-order valence-corrected chi connectivity index (χ3v) is 4.10. The normalized spacial score (nSPS) is 28.2. The molecule has 0 aromatic heterocycles. The summed E-state index contributed by atoms with van der Waals surface area (Å²) in [6, 6.07) is 8.12. The molecule has 2 nitrogen and oxygen atoms in total. The van der Waals surface area contributed by atoms with E-state index in [4.69, 9.17) is 0 Å². The van der Waals surface area contributed by atoms with Gasteiger partial charge in [-0.15, -0.1) is 0 Å². The Bertz CT molecular complexity index is 425. The lowest BCUT2D eigenvalue weighted by Crippen LogP contribution is -2.31. The molecule has 2 heteroatoms. The van der Waals surface area contributed by atoms with Gasteiger partial charge in [0.25, 0.3) is 0 Å². The zero-order valence-corrected chi connectivity index (χ0v) is 10.6. The van der Waals surface area contributed by atoms with Gasteiger partial charge in [-0.2, -0.15) is 0 Å². The van der Waals surface area contributed by atoms with Gasteiger partial charge in [0.1, 0.15) is 0 Å². The molecule has 1 N–H and O–H groups in total. The van der Waals surface area contributed by atoms with Gasteiger partial charge in [-0.1, -0.05) is 31.2 Å². The number of aliphatic carboxylic acids is 1. The van der Waals surface area contributed by atoms with Crippen LogP contribution in [0.25, 0.3) is 0 Å². The standard InChI is InChI=1S/C15H20O2/c1-11-7-8-15(9-11,14(16)17)10-13-6-4-3-5-12(13)2/h3-6,11H,7-10H2,1-2H3,(H,16,17). The molecule has 0 bridgehead atoms. The maximum atomic E-state index is 11.6. The van der Waals surface area contributed by atoms with Gasteiger partial charge in [-0.25, -0.2) is 0 Å². The Kier molecular flexibility index (Phi) is 3.23. The Morgan fingerprint density at radius 3 is 2.71 bits per heavy atom. The predicted octanol–water partition coefficient (Wildman–Crippen LogP) is 3.43. The molecule has 92 valence electrons. The molecule has 1 saturated carbocycles. The molecule has 17 heavy (non-hydrogen) atoms. The molecule has 1 aliphatic rings. The summed E-state index contributed by atoms with van der Waals surface area (Å²) in [5.41, 5.74) is 1.86. The summed E-state index contributed by atoms with van der Waals surface area (Å²) in [4.78, 5) is 11.6. The van der Waals surface area contributed by atoms with Crippen molar-refractivity contribution in [3.8, 4) is 0 Å². The molecule has 1 aromatic rings. The van der Waals surface area contributed by atoms with E-state index < -0.39 is 11.4 Å². The average molecular weight is 232 g/mol. The molecule has 0 radical (unpaired) electrons. The van der Waals surface area contributed by atoms with E-state index in [1.807, 2.05) is 12.1 Å². The first-order valence-electron chi connectivity index (χ1n) is 6.31. The fourth-order valence-electron chi connectivity index (χ4n) is 3.00. The quantitative estimate of drug-likeness (QED) is 0.867. The van der Waals surface area contributed by atoms with Crippen molar-refractivity contribution in [3.05, 3.63) is 35.4 Å². The maximum Gasteiger partial charge on any atom is 0.309 e. The van der Waals surface area contributed by atoms with Gasteiger partial charge in [0.2, 0.25) is 0 Å². The molecule has 0 saturated heterocycles. The minimum Gasteiger partial charge on any atom is -0.481 e. The lowest BCUT2D eigenvalue weighted by Gasteiger charge is -2.25. The number of hydrogen-bond donors (Lipinski definition) is 1. The Hall–Kier alpha value is -1.31. The molecule has 0 amide bonds. The topological polar surface area (TPSA) is 37.3 Å². The monoisotopic (exact) mass is 232 g/mol. The summed E-state index contributed by atoms with van der Waals surface area (Å²) in [7, 11) is 0. The minimum absolute atomic E-state index is 0.522. The van der Waals surface area contributed by atoms with Crippen LogP contribution in [0.3, 0.4) is 0 Å². The van der Waals surface area contributed by atoms with Crippen LogP contribution in [0.2, 0.25) is 0 Å². The number of hydrogen-bond acceptors (Lipinski definition) is 1. The highest BCUT2D eigenvalue weighted by molar-refractivity contribution is 5.75. The van der Waals surface area contributed by atoms with Gasteiger partial charge in [0.05, 0.1) is 5.41 Å². The molecule has 1 aliphatic carbocycles. The second-order valence-corrected chi connectivity index (χ2v) is 5.54. The Morgan fingerprint density at radius 2 is 2.18 bits per heavy atom. The fraction of sp³-hybridized carbons (Fsp3) is 0.533. The summed E-state index contributed by atoms with van der Waals surface area (Å²) >= 11 is 0. The smallest absolute Gasteiger partial charge is 0.309 e. The van der Waals surface area contributed by atoms with Crippen molar-refractivity contribution in [3.63, 3.8) is 0 Å². The number of carboxylic acid groups (broad SMARTS) is 1. The van der Waals surface area contributed by atoms with Gasteiger partial charge < -0.3 is 5.11 Å². The molecule has 0 aliphatic heterocycles. The van der Waals surface area contributed by atoms with Crippen molar-refractivity contribution in [2.45, 2.75) is 39.5 Å². The summed E-state index contributed by atoms with van der Waals surface area (Å²) in [6.45, 7) is 4.21.